The minimum Gasteiger partial charge on any atom is -0.369 e. The van der Waals surface area contributed by atoms with E-state index in [2.05, 4.69) is 20.7 Å². The summed E-state index contributed by atoms with van der Waals surface area (Å²) in [5, 5.41) is 17.9. The summed E-state index contributed by atoms with van der Waals surface area (Å²) >= 11 is 0. The summed E-state index contributed by atoms with van der Waals surface area (Å²) in [6, 6.07) is 0. The average molecular weight is 212 g/mol. The largest absolute Gasteiger partial charge is 0.369 e. The number of rotatable bonds is 4. The Morgan fingerprint density at radius 2 is 1.73 bits per heavy atom. The quantitative estimate of drug-likeness (QED) is 0.228. The predicted molar refractivity (Wildman–Crippen MR) is 61.7 cm³/mol. The molecule has 15 heavy (non-hydrogen) atoms. The van der Waals surface area contributed by atoms with Crippen LogP contribution in [0, 0.1) is 5.41 Å². The fraction of sp³-hybridized carbons (Fsp3) is 0.429. The lowest BCUT2D eigenvalue weighted by molar-refractivity contribution is 0.984. The van der Waals surface area contributed by atoms with Gasteiger partial charge < -0.3 is 17.2 Å². The summed E-state index contributed by atoms with van der Waals surface area (Å²) in [5.41, 5.74) is 19.0. The van der Waals surface area contributed by atoms with Crippen molar-refractivity contribution in [1.82, 2.24) is 5.43 Å². The van der Waals surface area contributed by atoms with Gasteiger partial charge in [-0.3, -0.25) is 5.41 Å². The van der Waals surface area contributed by atoms with Crippen molar-refractivity contribution in [2.75, 3.05) is 0 Å². The second-order valence-corrected chi connectivity index (χ2v) is 2.91. The Morgan fingerprint density at radius 1 is 1.13 bits per heavy atom. The van der Waals surface area contributed by atoms with Crippen molar-refractivity contribution in [1.29, 1.82) is 5.41 Å². The van der Waals surface area contributed by atoms with Crippen molar-refractivity contribution in [3.63, 3.8) is 0 Å². The minimum atomic E-state index is -0.215. The van der Waals surface area contributed by atoms with Gasteiger partial charge in [0.25, 0.3) is 0 Å². The van der Waals surface area contributed by atoms with Gasteiger partial charge >= 0.3 is 0 Å². The molecule has 0 aliphatic heterocycles. The highest BCUT2D eigenvalue weighted by Crippen LogP contribution is 1.90. The number of guanidine groups is 2. The van der Waals surface area contributed by atoms with Crippen molar-refractivity contribution in [3.05, 3.63) is 0 Å². The van der Waals surface area contributed by atoms with E-state index in [0.29, 0.717) is 12.1 Å². The molecule has 0 saturated heterocycles. The molecule has 8 N–H and O–H groups in total. The summed E-state index contributed by atoms with van der Waals surface area (Å²) in [4.78, 5) is 0. The van der Waals surface area contributed by atoms with Gasteiger partial charge in [-0.1, -0.05) is 0 Å². The lowest BCUT2D eigenvalue weighted by Crippen LogP contribution is -2.26. The van der Waals surface area contributed by atoms with Crippen LogP contribution < -0.4 is 22.6 Å². The topological polar surface area (TPSA) is 151 Å². The Kier molecular flexibility index (Phi) is 5.45. The van der Waals surface area contributed by atoms with Gasteiger partial charge in [0.2, 0.25) is 11.9 Å². The monoisotopic (exact) mass is 212 g/mol. The molecule has 0 spiro atoms. The van der Waals surface area contributed by atoms with Gasteiger partial charge in [0.15, 0.2) is 0 Å². The molecule has 0 amide bonds. The van der Waals surface area contributed by atoms with Crippen LogP contribution in [-0.2, 0) is 0 Å². The van der Waals surface area contributed by atoms with E-state index in [1.54, 1.807) is 13.8 Å². The maximum atomic E-state index is 6.88. The number of nitrogens with one attached hydrogen (secondary N) is 2. The van der Waals surface area contributed by atoms with Crippen LogP contribution in [0.4, 0.5) is 0 Å². The van der Waals surface area contributed by atoms with Gasteiger partial charge in [-0.25, -0.2) is 5.43 Å². The SMILES string of the molecule is C/C(C/C(C)=N/NC(=N)N)=N\N=C(N)N. The van der Waals surface area contributed by atoms with Gasteiger partial charge in [-0.2, -0.15) is 10.2 Å². The lowest BCUT2D eigenvalue weighted by atomic mass is 10.2. The first-order valence-corrected chi connectivity index (χ1v) is 4.17. The summed E-state index contributed by atoms with van der Waals surface area (Å²) < 4.78 is 0. The van der Waals surface area contributed by atoms with E-state index in [0.717, 1.165) is 5.71 Å². The van der Waals surface area contributed by atoms with E-state index in [-0.39, 0.29) is 11.9 Å². The molecule has 8 heteroatoms. The van der Waals surface area contributed by atoms with Crippen LogP contribution in [0.15, 0.2) is 15.3 Å². The lowest BCUT2D eigenvalue weighted by Gasteiger charge is -2.00. The first-order chi connectivity index (χ1) is 6.91. The molecule has 0 unspecified atom stereocenters. The van der Waals surface area contributed by atoms with E-state index in [4.69, 9.17) is 22.6 Å². The molecule has 0 aromatic rings. The van der Waals surface area contributed by atoms with Gasteiger partial charge in [-0.15, -0.1) is 5.10 Å². The molecule has 0 aliphatic rings. The van der Waals surface area contributed by atoms with Crippen molar-refractivity contribution >= 4 is 23.3 Å². The van der Waals surface area contributed by atoms with E-state index >= 15 is 0 Å². The smallest absolute Gasteiger partial charge is 0.211 e. The van der Waals surface area contributed by atoms with Crippen LogP contribution in [0.25, 0.3) is 0 Å². The summed E-state index contributed by atoms with van der Waals surface area (Å²) in [6.45, 7) is 3.53. The van der Waals surface area contributed by atoms with E-state index in [1.165, 1.54) is 0 Å². The van der Waals surface area contributed by atoms with Gasteiger partial charge in [0.05, 0.1) is 0 Å². The third-order valence-electron chi connectivity index (χ3n) is 1.22. The van der Waals surface area contributed by atoms with Crippen LogP contribution in [0.3, 0.4) is 0 Å². The molecule has 0 fully saturated rings. The number of hydrogen-bond acceptors (Lipinski definition) is 4. The minimum absolute atomic E-state index is 0.0918. The van der Waals surface area contributed by atoms with Crippen LogP contribution in [0.5, 0.6) is 0 Å². The summed E-state index contributed by atoms with van der Waals surface area (Å²) in [6.07, 6.45) is 0.497. The molecule has 0 aromatic carbocycles. The molecule has 0 bridgehead atoms. The summed E-state index contributed by atoms with van der Waals surface area (Å²) in [5.74, 6) is -0.307. The standard InChI is InChI=1S/C7H16N8/c1-4(12-14-6(8)9)3-5(2)13-15-7(10)11/h3H2,1-2H3,(H4,8,9,14)(H4,10,11,15)/b12-4+,13-5+. The number of nitrogens with zero attached hydrogens (tertiary/aromatic N) is 3. The van der Waals surface area contributed by atoms with Crippen molar-refractivity contribution < 1.29 is 0 Å². The zero-order valence-corrected chi connectivity index (χ0v) is 8.78. The fourth-order valence-electron chi connectivity index (χ4n) is 0.744. The number of hydrogen-bond donors (Lipinski definition) is 5. The maximum absolute atomic E-state index is 6.88. The Balaban J connectivity index is 4.23. The van der Waals surface area contributed by atoms with Crippen LogP contribution in [0.2, 0.25) is 0 Å². The molecule has 0 heterocycles. The van der Waals surface area contributed by atoms with Gasteiger partial charge in [0.1, 0.15) is 0 Å². The van der Waals surface area contributed by atoms with E-state index in [1.807, 2.05) is 0 Å². The molecular weight excluding hydrogens is 196 g/mol. The average Bonchev–Trinajstić information content (AvgIpc) is 2.11. The molecular formula is C7H16N8. The molecule has 0 aliphatic carbocycles. The Hall–Kier alpha value is -2.12. The molecule has 84 valence electrons. The Bertz CT molecular complexity index is 309. The van der Waals surface area contributed by atoms with Crippen LogP contribution in [0.1, 0.15) is 20.3 Å². The maximum Gasteiger partial charge on any atom is 0.211 e. The molecule has 0 atom stereocenters. The highest BCUT2D eigenvalue weighted by Gasteiger charge is 1.96. The Morgan fingerprint density at radius 3 is 2.20 bits per heavy atom. The molecule has 0 radical (unpaired) electrons. The third kappa shape index (κ3) is 8.22. The van der Waals surface area contributed by atoms with Gasteiger partial charge in [0, 0.05) is 17.8 Å². The fourth-order valence-corrected chi connectivity index (χ4v) is 0.744. The second-order valence-electron chi connectivity index (χ2n) is 2.91. The van der Waals surface area contributed by atoms with Crippen molar-refractivity contribution in [2.45, 2.75) is 20.3 Å². The number of nitrogens with two attached hydrogens (primary N) is 3. The first-order valence-electron chi connectivity index (χ1n) is 4.17. The molecule has 0 aromatic heterocycles. The van der Waals surface area contributed by atoms with E-state index in [9.17, 15) is 0 Å². The van der Waals surface area contributed by atoms with Crippen molar-refractivity contribution in [2.24, 2.45) is 32.5 Å². The highest BCUT2D eigenvalue weighted by atomic mass is 15.3. The Labute approximate surface area is 87.8 Å². The normalized spacial score (nSPS) is 12.1. The molecule has 0 saturated carbocycles. The molecule has 0 rings (SSSR count). The number of hydrazone groups is 1. The van der Waals surface area contributed by atoms with Crippen molar-refractivity contribution in [3.8, 4) is 0 Å². The van der Waals surface area contributed by atoms with E-state index < -0.39 is 0 Å². The predicted octanol–water partition coefficient (Wildman–Crippen LogP) is -1.12. The van der Waals surface area contributed by atoms with Crippen LogP contribution in [-0.4, -0.2) is 23.3 Å². The first kappa shape index (κ1) is 12.9. The molecule has 8 nitrogen and oxygen atoms in total. The third-order valence-corrected chi connectivity index (χ3v) is 1.22. The summed E-state index contributed by atoms with van der Waals surface area (Å²) in [7, 11) is 0. The van der Waals surface area contributed by atoms with Crippen LogP contribution >= 0.6 is 0 Å². The second kappa shape index (κ2) is 6.35. The zero-order chi connectivity index (χ0) is 11.8. The van der Waals surface area contributed by atoms with Gasteiger partial charge in [-0.05, 0) is 13.8 Å². The highest BCUT2D eigenvalue weighted by molar-refractivity contribution is 6.02. The zero-order valence-electron chi connectivity index (χ0n) is 8.78.